The average Bonchev–Trinajstić information content (AvgIpc) is 2.95. The van der Waals surface area contributed by atoms with Crippen molar-refractivity contribution in [3.05, 3.63) is 46.3 Å². The third-order valence-electron chi connectivity index (χ3n) is 4.35. The molecular formula is C21H26F2N2O5. The van der Waals surface area contributed by atoms with Crippen molar-refractivity contribution in [1.29, 1.82) is 0 Å². The molecule has 9 heteroatoms. The Bertz CT molecular complexity index is 909. The van der Waals surface area contributed by atoms with Gasteiger partial charge in [-0.15, -0.1) is 0 Å². The molecule has 0 unspecified atom stereocenters. The van der Waals surface area contributed by atoms with Crippen LogP contribution in [0.15, 0.2) is 18.2 Å². The maximum atomic E-state index is 12.5. The highest BCUT2D eigenvalue weighted by molar-refractivity contribution is 6.00. The molecule has 7 nitrogen and oxygen atoms in total. The number of aryl methyl sites for hydroxylation is 1. The third kappa shape index (κ3) is 5.71. The predicted octanol–water partition coefficient (Wildman–Crippen LogP) is 3.78. The number of hydrogen-bond donors (Lipinski definition) is 2. The maximum absolute atomic E-state index is 12.5. The number of benzene rings is 1. The first-order valence-electron chi connectivity index (χ1n) is 9.44. The number of halogens is 2. The van der Waals surface area contributed by atoms with Gasteiger partial charge in [-0.2, -0.15) is 8.78 Å². The minimum atomic E-state index is -2.97. The lowest BCUT2D eigenvalue weighted by Crippen LogP contribution is -2.26. The summed E-state index contributed by atoms with van der Waals surface area (Å²) in [7, 11) is 1.36. The summed E-state index contributed by atoms with van der Waals surface area (Å²) < 4.78 is 39.8. The van der Waals surface area contributed by atoms with E-state index >= 15 is 0 Å². The highest BCUT2D eigenvalue weighted by Gasteiger charge is 2.23. The minimum Gasteiger partial charge on any atom is -0.493 e. The number of methoxy groups -OCH3 is 1. The number of amides is 1. The van der Waals surface area contributed by atoms with Gasteiger partial charge in [-0.25, -0.2) is 4.79 Å². The lowest BCUT2D eigenvalue weighted by Gasteiger charge is -2.12. The summed E-state index contributed by atoms with van der Waals surface area (Å²) in [5, 5.41) is 2.75. The summed E-state index contributed by atoms with van der Waals surface area (Å²) in [6, 6.07) is 4.68. The number of nitrogens with one attached hydrogen (secondary N) is 2. The van der Waals surface area contributed by atoms with Gasteiger partial charge in [0.15, 0.2) is 11.5 Å². The lowest BCUT2D eigenvalue weighted by atomic mass is 10.1. The molecule has 0 aliphatic heterocycles. The van der Waals surface area contributed by atoms with Crippen molar-refractivity contribution >= 4 is 11.9 Å². The van der Waals surface area contributed by atoms with Crippen molar-refractivity contribution in [2.75, 3.05) is 13.7 Å². The van der Waals surface area contributed by atoms with Crippen LogP contribution < -0.4 is 14.8 Å². The SMILES string of the molecule is COc1ccc(CCNC(=O)c2[nH]c(C)c(C(=O)OC(C)C)c2C)cc1OC(F)F. The Kier molecular flexibility index (Phi) is 7.79. The summed E-state index contributed by atoms with van der Waals surface area (Å²) in [4.78, 5) is 27.7. The molecule has 0 atom stereocenters. The lowest BCUT2D eigenvalue weighted by molar-refractivity contribution is -0.0512. The second-order valence-electron chi connectivity index (χ2n) is 6.95. The predicted molar refractivity (Wildman–Crippen MR) is 106 cm³/mol. The number of ether oxygens (including phenoxy) is 3. The molecule has 30 heavy (non-hydrogen) atoms. The van der Waals surface area contributed by atoms with Crippen LogP contribution in [-0.2, 0) is 11.2 Å². The number of aromatic nitrogens is 1. The molecule has 164 valence electrons. The smallest absolute Gasteiger partial charge is 0.387 e. The number of rotatable bonds is 9. The van der Waals surface area contributed by atoms with Crippen LogP contribution in [0.3, 0.4) is 0 Å². The molecule has 1 aromatic heterocycles. The third-order valence-corrected chi connectivity index (χ3v) is 4.35. The first kappa shape index (κ1) is 23.2. The molecule has 0 aliphatic rings. The number of carbonyl (C=O) groups excluding carboxylic acids is 2. The van der Waals surface area contributed by atoms with Crippen LogP contribution in [-0.4, -0.2) is 43.2 Å². The first-order valence-corrected chi connectivity index (χ1v) is 9.44. The van der Waals surface area contributed by atoms with Crippen LogP contribution in [0.1, 0.15) is 51.5 Å². The molecule has 0 saturated heterocycles. The molecule has 1 aromatic carbocycles. The standard InChI is InChI=1S/C21H26F2N2O5/c1-11(2)29-20(27)17-12(3)18(25-13(17)4)19(26)24-9-8-14-6-7-15(28-5)16(10-14)30-21(22)23/h6-7,10-11,21,25H,8-9H2,1-5H3,(H,24,26). The van der Waals surface area contributed by atoms with Crippen molar-refractivity contribution in [1.82, 2.24) is 10.3 Å². The summed E-state index contributed by atoms with van der Waals surface area (Å²) in [5.74, 6) is -0.737. The highest BCUT2D eigenvalue weighted by Crippen LogP contribution is 2.29. The summed E-state index contributed by atoms with van der Waals surface area (Å²) >= 11 is 0. The van der Waals surface area contributed by atoms with Gasteiger partial charge >= 0.3 is 12.6 Å². The molecule has 0 saturated carbocycles. The van der Waals surface area contributed by atoms with Crippen molar-refractivity contribution in [2.45, 2.75) is 46.8 Å². The molecule has 0 spiro atoms. The molecule has 1 heterocycles. The van der Waals surface area contributed by atoms with Crippen LogP contribution in [0, 0.1) is 13.8 Å². The van der Waals surface area contributed by atoms with E-state index in [0.29, 0.717) is 28.8 Å². The van der Waals surface area contributed by atoms with E-state index in [-0.39, 0.29) is 35.7 Å². The Labute approximate surface area is 173 Å². The van der Waals surface area contributed by atoms with Crippen molar-refractivity contribution in [3.8, 4) is 11.5 Å². The van der Waals surface area contributed by atoms with Crippen LogP contribution in [0.2, 0.25) is 0 Å². The molecule has 2 N–H and O–H groups in total. The second kappa shape index (κ2) is 10.1. The number of carbonyl (C=O) groups is 2. The number of aromatic amines is 1. The van der Waals surface area contributed by atoms with Crippen LogP contribution in [0.25, 0.3) is 0 Å². The van der Waals surface area contributed by atoms with Crippen LogP contribution in [0.4, 0.5) is 8.78 Å². The fourth-order valence-corrected chi connectivity index (χ4v) is 3.03. The van der Waals surface area contributed by atoms with Crippen LogP contribution >= 0.6 is 0 Å². The first-order chi connectivity index (χ1) is 14.1. The van der Waals surface area contributed by atoms with Crippen molar-refractivity contribution in [3.63, 3.8) is 0 Å². The Balaban J connectivity index is 2.04. The topological polar surface area (TPSA) is 89.7 Å². The van der Waals surface area contributed by atoms with Gasteiger partial charge in [-0.3, -0.25) is 4.79 Å². The second-order valence-corrected chi connectivity index (χ2v) is 6.95. The molecule has 1 amide bonds. The van der Waals surface area contributed by atoms with Gasteiger partial charge in [0, 0.05) is 12.2 Å². The van der Waals surface area contributed by atoms with Crippen molar-refractivity contribution in [2.24, 2.45) is 0 Å². The van der Waals surface area contributed by atoms with E-state index in [1.165, 1.54) is 19.2 Å². The molecule has 0 bridgehead atoms. The van der Waals surface area contributed by atoms with E-state index in [9.17, 15) is 18.4 Å². The maximum Gasteiger partial charge on any atom is 0.387 e. The van der Waals surface area contributed by atoms with E-state index in [2.05, 4.69) is 15.0 Å². The fourth-order valence-electron chi connectivity index (χ4n) is 3.03. The normalized spacial score (nSPS) is 11.0. The monoisotopic (exact) mass is 424 g/mol. The minimum absolute atomic E-state index is 0.0690. The Morgan fingerprint density at radius 1 is 1.17 bits per heavy atom. The zero-order valence-electron chi connectivity index (χ0n) is 17.6. The molecule has 0 fully saturated rings. The van der Waals surface area contributed by atoms with E-state index in [4.69, 9.17) is 9.47 Å². The molecule has 0 aliphatic carbocycles. The van der Waals surface area contributed by atoms with E-state index in [1.54, 1.807) is 33.8 Å². The zero-order valence-corrected chi connectivity index (χ0v) is 17.6. The number of esters is 1. The van der Waals surface area contributed by atoms with Gasteiger partial charge in [0.2, 0.25) is 0 Å². The fraction of sp³-hybridized carbons (Fsp3) is 0.429. The Morgan fingerprint density at radius 2 is 1.87 bits per heavy atom. The quantitative estimate of drug-likeness (QED) is 0.598. The van der Waals surface area contributed by atoms with Crippen molar-refractivity contribution < 1.29 is 32.6 Å². The van der Waals surface area contributed by atoms with Crippen LogP contribution in [0.5, 0.6) is 11.5 Å². The average molecular weight is 424 g/mol. The van der Waals surface area contributed by atoms with Gasteiger partial charge in [0.25, 0.3) is 5.91 Å². The van der Waals surface area contributed by atoms with E-state index in [0.717, 1.165) is 0 Å². The molecular weight excluding hydrogens is 398 g/mol. The summed E-state index contributed by atoms with van der Waals surface area (Å²) in [6.07, 6.45) is 0.114. The Morgan fingerprint density at radius 3 is 2.47 bits per heavy atom. The van der Waals surface area contributed by atoms with Gasteiger partial charge in [0.05, 0.1) is 18.8 Å². The number of alkyl halides is 2. The summed E-state index contributed by atoms with van der Waals surface area (Å²) in [6.45, 7) is 4.15. The molecule has 0 radical (unpaired) electrons. The largest absolute Gasteiger partial charge is 0.493 e. The highest BCUT2D eigenvalue weighted by atomic mass is 19.3. The number of H-pyrrole nitrogens is 1. The zero-order chi connectivity index (χ0) is 22.4. The van der Waals surface area contributed by atoms with Gasteiger partial charge in [-0.1, -0.05) is 6.07 Å². The summed E-state index contributed by atoms with van der Waals surface area (Å²) in [5.41, 5.74) is 2.37. The molecule has 2 rings (SSSR count). The number of hydrogen-bond acceptors (Lipinski definition) is 5. The molecule has 2 aromatic rings. The van der Waals surface area contributed by atoms with E-state index < -0.39 is 12.6 Å². The van der Waals surface area contributed by atoms with Gasteiger partial charge in [0.1, 0.15) is 5.69 Å². The van der Waals surface area contributed by atoms with E-state index in [1.807, 2.05) is 0 Å². The van der Waals surface area contributed by atoms with Gasteiger partial charge < -0.3 is 24.5 Å². The Hall–Kier alpha value is -3.10. The van der Waals surface area contributed by atoms with Gasteiger partial charge in [-0.05, 0) is 57.4 Å².